The molecular formula is C14H12BrFN2OS. The van der Waals surface area contributed by atoms with E-state index in [0.717, 1.165) is 16.2 Å². The van der Waals surface area contributed by atoms with Crippen molar-refractivity contribution in [3.8, 4) is 0 Å². The average Bonchev–Trinajstić information content (AvgIpc) is 2.40. The van der Waals surface area contributed by atoms with Gasteiger partial charge in [0.15, 0.2) is 0 Å². The summed E-state index contributed by atoms with van der Waals surface area (Å²) in [5.41, 5.74) is 6.54. The minimum Gasteiger partial charge on any atom is -0.399 e. The minimum absolute atomic E-state index is 0.136. The van der Waals surface area contributed by atoms with Crippen LogP contribution in [0.4, 0.5) is 15.8 Å². The summed E-state index contributed by atoms with van der Waals surface area (Å²) >= 11 is 4.45. The molecule has 20 heavy (non-hydrogen) atoms. The summed E-state index contributed by atoms with van der Waals surface area (Å²) < 4.78 is 14.5. The number of amides is 1. The van der Waals surface area contributed by atoms with Gasteiger partial charge in [0.25, 0.3) is 0 Å². The third-order valence-corrected chi connectivity index (χ3v) is 4.02. The van der Waals surface area contributed by atoms with Gasteiger partial charge in [0, 0.05) is 20.7 Å². The molecule has 0 bridgehead atoms. The van der Waals surface area contributed by atoms with E-state index < -0.39 is 5.82 Å². The maximum absolute atomic E-state index is 13.5. The zero-order valence-corrected chi connectivity index (χ0v) is 12.8. The fourth-order valence-corrected chi connectivity index (χ4v) is 2.49. The molecule has 3 N–H and O–H groups in total. The normalized spacial score (nSPS) is 10.3. The third kappa shape index (κ3) is 4.25. The van der Waals surface area contributed by atoms with E-state index in [9.17, 15) is 9.18 Å². The first-order valence-corrected chi connectivity index (χ1v) is 7.56. The fourth-order valence-electron chi connectivity index (χ4n) is 1.51. The summed E-state index contributed by atoms with van der Waals surface area (Å²) in [6.07, 6.45) is 0. The second-order valence-corrected chi connectivity index (χ2v) is 5.97. The maximum Gasteiger partial charge on any atom is 0.234 e. The van der Waals surface area contributed by atoms with Crippen LogP contribution in [0, 0.1) is 5.82 Å². The standard InChI is InChI=1S/C14H12BrFN2OS/c15-9-1-4-11(5-2-9)18-14(19)8-20-13-6-3-10(17)7-12(13)16/h1-7H,8,17H2,(H,18,19). The lowest BCUT2D eigenvalue weighted by atomic mass is 10.3. The molecule has 104 valence electrons. The number of nitrogens with one attached hydrogen (secondary N) is 1. The second kappa shape index (κ2) is 6.76. The lowest BCUT2D eigenvalue weighted by molar-refractivity contribution is -0.113. The van der Waals surface area contributed by atoms with Crippen LogP contribution in [0.25, 0.3) is 0 Å². The van der Waals surface area contributed by atoms with Crippen LogP contribution in [-0.2, 0) is 4.79 Å². The van der Waals surface area contributed by atoms with Crippen molar-refractivity contribution in [2.75, 3.05) is 16.8 Å². The van der Waals surface area contributed by atoms with Crippen LogP contribution in [-0.4, -0.2) is 11.7 Å². The number of halogens is 2. The van der Waals surface area contributed by atoms with Crippen molar-refractivity contribution >= 4 is 45.0 Å². The minimum atomic E-state index is -0.411. The van der Waals surface area contributed by atoms with Crippen molar-refractivity contribution in [3.63, 3.8) is 0 Å². The van der Waals surface area contributed by atoms with Crippen molar-refractivity contribution in [1.29, 1.82) is 0 Å². The molecule has 0 saturated heterocycles. The average molecular weight is 355 g/mol. The summed E-state index contributed by atoms with van der Waals surface area (Å²) in [4.78, 5) is 12.2. The Balaban J connectivity index is 1.90. The first-order chi connectivity index (χ1) is 9.54. The molecule has 2 aromatic rings. The number of thioether (sulfide) groups is 1. The molecule has 0 heterocycles. The molecule has 0 unspecified atom stereocenters. The van der Waals surface area contributed by atoms with E-state index in [1.165, 1.54) is 6.07 Å². The molecule has 0 aliphatic heterocycles. The predicted octanol–water partition coefficient (Wildman–Crippen LogP) is 3.90. The van der Waals surface area contributed by atoms with Gasteiger partial charge >= 0.3 is 0 Å². The third-order valence-electron chi connectivity index (χ3n) is 2.44. The molecule has 1 amide bonds. The van der Waals surface area contributed by atoms with Gasteiger partial charge in [-0.1, -0.05) is 15.9 Å². The molecule has 2 aromatic carbocycles. The molecule has 0 fully saturated rings. The van der Waals surface area contributed by atoms with E-state index in [0.29, 0.717) is 16.3 Å². The molecule has 2 rings (SSSR count). The van der Waals surface area contributed by atoms with Gasteiger partial charge < -0.3 is 11.1 Å². The number of hydrogen-bond donors (Lipinski definition) is 2. The molecular weight excluding hydrogens is 343 g/mol. The van der Waals surface area contributed by atoms with Crippen LogP contribution in [0.2, 0.25) is 0 Å². The first-order valence-electron chi connectivity index (χ1n) is 5.78. The predicted molar refractivity (Wildman–Crippen MR) is 84.3 cm³/mol. The van der Waals surface area contributed by atoms with Crippen LogP contribution in [0.1, 0.15) is 0 Å². The molecule has 0 aromatic heterocycles. The van der Waals surface area contributed by atoms with Crippen LogP contribution in [0.3, 0.4) is 0 Å². The van der Waals surface area contributed by atoms with Crippen molar-refractivity contribution in [1.82, 2.24) is 0 Å². The summed E-state index contributed by atoms with van der Waals surface area (Å²) in [6, 6.07) is 11.7. The van der Waals surface area contributed by atoms with E-state index in [-0.39, 0.29) is 11.7 Å². The highest BCUT2D eigenvalue weighted by molar-refractivity contribution is 9.10. The van der Waals surface area contributed by atoms with Gasteiger partial charge in [0.1, 0.15) is 5.82 Å². The Labute approximate surface area is 128 Å². The van der Waals surface area contributed by atoms with Gasteiger partial charge in [-0.05, 0) is 42.5 Å². The second-order valence-electron chi connectivity index (χ2n) is 4.03. The van der Waals surface area contributed by atoms with Crippen LogP contribution in [0.15, 0.2) is 51.8 Å². The number of rotatable bonds is 4. The first kappa shape index (κ1) is 14.9. The SMILES string of the molecule is Nc1ccc(SCC(=O)Nc2ccc(Br)cc2)c(F)c1. The van der Waals surface area contributed by atoms with Gasteiger partial charge in [-0.2, -0.15) is 0 Å². The number of anilines is 2. The fraction of sp³-hybridized carbons (Fsp3) is 0.0714. The molecule has 3 nitrogen and oxygen atoms in total. The number of nitrogen functional groups attached to an aromatic ring is 1. The largest absolute Gasteiger partial charge is 0.399 e. The van der Waals surface area contributed by atoms with Crippen LogP contribution in [0.5, 0.6) is 0 Å². The van der Waals surface area contributed by atoms with Crippen molar-refractivity contribution in [3.05, 3.63) is 52.8 Å². The van der Waals surface area contributed by atoms with Crippen molar-refractivity contribution in [2.24, 2.45) is 0 Å². The molecule has 6 heteroatoms. The Hall–Kier alpha value is -1.53. The molecule has 0 radical (unpaired) electrons. The van der Waals surface area contributed by atoms with Crippen molar-refractivity contribution < 1.29 is 9.18 Å². The number of carbonyl (C=O) groups excluding carboxylic acids is 1. The molecule has 0 aliphatic carbocycles. The number of nitrogens with two attached hydrogens (primary N) is 1. The Bertz CT molecular complexity index is 619. The highest BCUT2D eigenvalue weighted by atomic mass is 79.9. The maximum atomic E-state index is 13.5. The molecule has 0 spiro atoms. The summed E-state index contributed by atoms with van der Waals surface area (Å²) in [5, 5.41) is 2.74. The van der Waals surface area contributed by atoms with Crippen molar-refractivity contribution in [2.45, 2.75) is 4.90 Å². The summed E-state index contributed by atoms with van der Waals surface area (Å²) in [7, 11) is 0. The zero-order chi connectivity index (χ0) is 14.5. The topological polar surface area (TPSA) is 55.1 Å². The Kier molecular flexibility index (Phi) is 5.03. The lowest BCUT2D eigenvalue weighted by Crippen LogP contribution is -2.13. The van der Waals surface area contributed by atoms with E-state index in [1.807, 2.05) is 12.1 Å². The summed E-state index contributed by atoms with van der Waals surface area (Å²) in [5.74, 6) is -0.461. The van der Waals surface area contributed by atoms with Crippen LogP contribution >= 0.6 is 27.7 Å². The van der Waals surface area contributed by atoms with Gasteiger partial charge in [-0.3, -0.25) is 4.79 Å². The summed E-state index contributed by atoms with van der Waals surface area (Å²) in [6.45, 7) is 0. The van der Waals surface area contributed by atoms with Gasteiger partial charge in [0.05, 0.1) is 5.75 Å². The van der Waals surface area contributed by atoms with E-state index in [1.54, 1.807) is 24.3 Å². The number of benzene rings is 2. The van der Waals surface area contributed by atoms with Gasteiger partial charge in [0.2, 0.25) is 5.91 Å². The van der Waals surface area contributed by atoms with Gasteiger partial charge in [-0.15, -0.1) is 11.8 Å². The highest BCUT2D eigenvalue weighted by Gasteiger charge is 2.07. The molecule has 0 saturated carbocycles. The van der Waals surface area contributed by atoms with Crippen LogP contribution < -0.4 is 11.1 Å². The monoisotopic (exact) mass is 354 g/mol. The van der Waals surface area contributed by atoms with E-state index >= 15 is 0 Å². The molecule has 0 atom stereocenters. The Morgan fingerprint density at radius 2 is 1.95 bits per heavy atom. The quantitative estimate of drug-likeness (QED) is 0.646. The highest BCUT2D eigenvalue weighted by Crippen LogP contribution is 2.23. The van der Waals surface area contributed by atoms with E-state index in [4.69, 9.17) is 5.73 Å². The van der Waals surface area contributed by atoms with Gasteiger partial charge in [-0.25, -0.2) is 4.39 Å². The number of carbonyl (C=O) groups is 1. The zero-order valence-electron chi connectivity index (χ0n) is 10.4. The smallest absolute Gasteiger partial charge is 0.234 e. The van der Waals surface area contributed by atoms with E-state index in [2.05, 4.69) is 21.2 Å². The lowest BCUT2D eigenvalue weighted by Gasteiger charge is -2.06. The Morgan fingerprint density at radius 3 is 2.60 bits per heavy atom. The number of hydrogen-bond acceptors (Lipinski definition) is 3. The Morgan fingerprint density at radius 1 is 1.25 bits per heavy atom. The molecule has 0 aliphatic rings.